The van der Waals surface area contributed by atoms with Gasteiger partial charge >= 0.3 is 5.97 Å². The van der Waals surface area contributed by atoms with E-state index in [1.54, 1.807) is 13.8 Å². The van der Waals surface area contributed by atoms with Crippen LogP contribution in [0.4, 0.5) is 0 Å². The Morgan fingerprint density at radius 3 is 2.45 bits per heavy atom. The van der Waals surface area contributed by atoms with E-state index >= 15 is 0 Å². The molecule has 0 fully saturated rings. The van der Waals surface area contributed by atoms with Crippen LogP contribution in [0.15, 0.2) is 42.5 Å². The summed E-state index contributed by atoms with van der Waals surface area (Å²) >= 11 is 0. The fraction of sp³-hybridized carbons (Fsp3) is 0.333. The Morgan fingerprint density at radius 2 is 1.77 bits per heavy atom. The van der Waals surface area contributed by atoms with Crippen LogP contribution in [0.3, 0.4) is 0 Å². The number of carbonyl (C=O) groups is 2. The smallest absolute Gasteiger partial charge is 0.328 e. The van der Waals surface area contributed by atoms with Crippen LogP contribution in [0.5, 0.6) is 0 Å². The van der Waals surface area contributed by atoms with Crippen molar-refractivity contribution in [3.8, 4) is 0 Å². The molecule has 22 heavy (non-hydrogen) atoms. The zero-order valence-electron chi connectivity index (χ0n) is 13.1. The SMILES string of the molecule is COC(=O)[C@H](Cc1cccc2ccccc12)NC(=O)C(C)C. The predicted octanol–water partition coefficient (Wildman–Crippen LogP) is 2.70. The van der Waals surface area contributed by atoms with Gasteiger partial charge in [-0.3, -0.25) is 4.79 Å². The van der Waals surface area contributed by atoms with Crippen molar-refractivity contribution < 1.29 is 14.3 Å². The maximum absolute atomic E-state index is 12.0. The Bertz CT molecular complexity index is 674. The lowest BCUT2D eigenvalue weighted by atomic mass is 9.98. The molecule has 0 aliphatic carbocycles. The number of fused-ring (bicyclic) bond motifs is 1. The van der Waals surface area contributed by atoms with E-state index in [2.05, 4.69) is 5.32 Å². The van der Waals surface area contributed by atoms with Gasteiger partial charge in [0, 0.05) is 12.3 Å². The van der Waals surface area contributed by atoms with Crippen molar-refractivity contribution in [3.63, 3.8) is 0 Å². The highest BCUT2D eigenvalue weighted by molar-refractivity contribution is 5.88. The molecule has 0 aliphatic rings. The summed E-state index contributed by atoms with van der Waals surface area (Å²) < 4.78 is 4.82. The zero-order chi connectivity index (χ0) is 16.1. The summed E-state index contributed by atoms with van der Waals surface area (Å²) in [6.07, 6.45) is 0.409. The van der Waals surface area contributed by atoms with Gasteiger partial charge in [0.25, 0.3) is 0 Å². The van der Waals surface area contributed by atoms with Crippen LogP contribution < -0.4 is 5.32 Å². The third-order valence-electron chi connectivity index (χ3n) is 3.63. The molecule has 0 spiro atoms. The molecule has 0 aliphatic heterocycles. The first-order valence-electron chi connectivity index (χ1n) is 7.37. The lowest BCUT2D eigenvalue weighted by molar-refractivity contribution is -0.145. The zero-order valence-corrected chi connectivity index (χ0v) is 13.1. The first-order chi connectivity index (χ1) is 10.5. The van der Waals surface area contributed by atoms with Crippen LogP contribution in [-0.2, 0) is 20.7 Å². The van der Waals surface area contributed by atoms with Crippen LogP contribution in [0, 0.1) is 5.92 Å². The average Bonchev–Trinajstić information content (AvgIpc) is 2.53. The van der Waals surface area contributed by atoms with E-state index in [0.29, 0.717) is 6.42 Å². The summed E-state index contributed by atoms with van der Waals surface area (Å²) in [5, 5.41) is 4.96. The number of esters is 1. The monoisotopic (exact) mass is 299 g/mol. The molecule has 0 heterocycles. The maximum Gasteiger partial charge on any atom is 0.328 e. The number of methoxy groups -OCH3 is 1. The van der Waals surface area contributed by atoms with Crippen molar-refractivity contribution in [2.75, 3.05) is 7.11 Å². The van der Waals surface area contributed by atoms with Gasteiger partial charge in [0.2, 0.25) is 5.91 Å². The van der Waals surface area contributed by atoms with Crippen molar-refractivity contribution in [3.05, 3.63) is 48.0 Å². The van der Waals surface area contributed by atoms with Gasteiger partial charge in [-0.15, -0.1) is 0 Å². The molecule has 1 atom stereocenters. The van der Waals surface area contributed by atoms with E-state index in [1.807, 2.05) is 42.5 Å². The van der Waals surface area contributed by atoms with Crippen LogP contribution in [-0.4, -0.2) is 25.0 Å². The Kier molecular flexibility index (Phi) is 5.15. The molecule has 1 N–H and O–H groups in total. The Hall–Kier alpha value is -2.36. The molecule has 0 aromatic heterocycles. The average molecular weight is 299 g/mol. The number of hydrogen-bond acceptors (Lipinski definition) is 3. The molecule has 2 aromatic carbocycles. The summed E-state index contributed by atoms with van der Waals surface area (Å²) in [6.45, 7) is 3.59. The van der Waals surface area contributed by atoms with Gasteiger partial charge in [0.05, 0.1) is 7.11 Å². The fourth-order valence-corrected chi connectivity index (χ4v) is 2.36. The van der Waals surface area contributed by atoms with E-state index in [1.165, 1.54) is 7.11 Å². The number of nitrogens with one attached hydrogen (secondary N) is 1. The second kappa shape index (κ2) is 7.07. The van der Waals surface area contributed by atoms with Gasteiger partial charge in [-0.1, -0.05) is 56.3 Å². The van der Waals surface area contributed by atoms with Gasteiger partial charge < -0.3 is 10.1 Å². The van der Waals surface area contributed by atoms with Crippen molar-refractivity contribution in [2.45, 2.75) is 26.3 Å². The van der Waals surface area contributed by atoms with E-state index in [9.17, 15) is 9.59 Å². The van der Waals surface area contributed by atoms with Gasteiger partial charge in [-0.25, -0.2) is 4.79 Å². The summed E-state index contributed by atoms with van der Waals surface area (Å²) in [5.74, 6) is -0.766. The van der Waals surface area contributed by atoms with E-state index < -0.39 is 12.0 Å². The van der Waals surface area contributed by atoms with Crippen molar-refractivity contribution >= 4 is 22.6 Å². The number of hydrogen-bond donors (Lipinski definition) is 1. The maximum atomic E-state index is 12.0. The standard InChI is InChI=1S/C18H21NO3/c1-12(2)17(20)19-16(18(21)22-3)11-14-9-6-8-13-7-4-5-10-15(13)14/h4-10,12,16H,11H2,1-3H3,(H,19,20)/t16-/m0/s1. The minimum atomic E-state index is -0.675. The molecular weight excluding hydrogens is 278 g/mol. The lowest BCUT2D eigenvalue weighted by Gasteiger charge is -2.18. The second-order valence-corrected chi connectivity index (χ2v) is 5.58. The van der Waals surface area contributed by atoms with Crippen LogP contribution >= 0.6 is 0 Å². The molecule has 2 rings (SSSR count). The highest BCUT2D eigenvalue weighted by Crippen LogP contribution is 2.20. The number of ether oxygens (including phenoxy) is 1. The molecule has 0 radical (unpaired) electrons. The van der Waals surface area contributed by atoms with E-state index in [-0.39, 0.29) is 11.8 Å². The molecule has 2 aromatic rings. The topological polar surface area (TPSA) is 55.4 Å². The number of amides is 1. The highest BCUT2D eigenvalue weighted by Gasteiger charge is 2.23. The lowest BCUT2D eigenvalue weighted by Crippen LogP contribution is -2.44. The summed E-state index contributed by atoms with van der Waals surface area (Å²) in [5.41, 5.74) is 1.01. The summed E-state index contributed by atoms with van der Waals surface area (Å²) in [6, 6.07) is 13.3. The predicted molar refractivity (Wildman–Crippen MR) is 86.4 cm³/mol. The van der Waals surface area contributed by atoms with Crippen LogP contribution in [0.2, 0.25) is 0 Å². The van der Waals surface area contributed by atoms with Crippen molar-refractivity contribution in [2.24, 2.45) is 5.92 Å². The molecular formula is C18H21NO3. The van der Waals surface area contributed by atoms with Gasteiger partial charge in [-0.2, -0.15) is 0 Å². The molecule has 4 heteroatoms. The van der Waals surface area contributed by atoms with Crippen LogP contribution in [0.25, 0.3) is 10.8 Å². The van der Waals surface area contributed by atoms with Gasteiger partial charge in [0.15, 0.2) is 0 Å². The third kappa shape index (κ3) is 3.64. The summed E-state index contributed by atoms with van der Waals surface area (Å²) in [4.78, 5) is 23.9. The van der Waals surface area contributed by atoms with E-state index in [0.717, 1.165) is 16.3 Å². The minimum Gasteiger partial charge on any atom is -0.467 e. The van der Waals surface area contributed by atoms with E-state index in [4.69, 9.17) is 4.74 Å². The van der Waals surface area contributed by atoms with Crippen molar-refractivity contribution in [1.29, 1.82) is 0 Å². The highest BCUT2D eigenvalue weighted by atomic mass is 16.5. The molecule has 0 saturated heterocycles. The molecule has 0 unspecified atom stereocenters. The van der Waals surface area contributed by atoms with Crippen molar-refractivity contribution in [1.82, 2.24) is 5.32 Å². The Morgan fingerprint density at radius 1 is 1.09 bits per heavy atom. The summed E-state index contributed by atoms with van der Waals surface area (Å²) in [7, 11) is 1.33. The molecule has 0 saturated carbocycles. The first kappa shape index (κ1) is 16.0. The quantitative estimate of drug-likeness (QED) is 0.864. The first-order valence-corrected chi connectivity index (χ1v) is 7.37. The van der Waals surface area contributed by atoms with Gasteiger partial charge in [-0.05, 0) is 16.3 Å². The Balaban J connectivity index is 2.29. The number of rotatable bonds is 5. The number of carbonyl (C=O) groups excluding carboxylic acids is 2. The molecule has 4 nitrogen and oxygen atoms in total. The number of benzene rings is 2. The van der Waals surface area contributed by atoms with Crippen LogP contribution in [0.1, 0.15) is 19.4 Å². The second-order valence-electron chi connectivity index (χ2n) is 5.58. The Labute approximate surface area is 130 Å². The van der Waals surface area contributed by atoms with Gasteiger partial charge in [0.1, 0.15) is 6.04 Å². The minimum absolute atomic E-state index is 0.157. The molecule has 1 amide bonds. The largest absolute Gasteiger partial charge is 0.467 e. The normalized spacial score (nSPS) is 12.2. The molecule has 0 bridgehead atoms. The molecule has 116 valence electrons. The third-order valence-corrected chi connectivity index (χ3v) is 3.63. The fourth-order valence-electron chi connectivity index (χ4n) is 2.36.